The van der Waals surface area contributed by atoms with Crippen molar-refractivity contribution < 1.29 is 59.7 Å². The highest BCUT2D eigenvalue weighted by molar-refractivity contribution is 6.31. The minimum Gasteiger partial charge on any atom is -0.547 e. The number of quaternary nitrogens is 1. The number of aliphatic carboxylic acids is 3. The van der Waals surface area contributed by atoms with Gasteiger partial charge in [0.05, 0.1) is 25.4 Å². The smallest absolute Gasteiger partial charge is 0.223 e. The summed E-state index contributed by atoms with van der Waals surface area (Å²) in [7, 11) is 0. The van der Waals surface area contributed by atoms with Crippen molar-refractivity contribution in [1.29, 1.82) is 0 Å². The molecule has 0 bridgehead atoms. The number of carbonyl (C=O) groups excluding carboxylic acids is 7. The molecule has 0 aliphatic heterocycles. The molecule has 174 valence electrons. The molecule has 0 aromatic carbocycles. The SMILES string of the molecule is [NH3+][C@@H](CNC(=O)C[C@@](O)(CC(=O)NCCNC(=O)CCC(=O)C(=O)[O-])C(=O)[O-])C(=O)[O-]. The highest BCUT2D eigenvalue weighted by Gasteiger charge is 2.34. The van der Waals surface area contributed by atoms with Gasteiger partial charge in [-0.15, -0.1) is 0 Å². The molecule has 0 aliphatic rings. The molecule has 0 rings (SSSR count). The van der Waals surface area contributed by atoms with Gasteiger partial charge >= 0.3 is 0 Å². The van der Waals surface area contributed by atoms with E-state index in [1.165, 1.54) is 0 Å². The maximum atomic E-state index is 11.8. The molecule has 0 spiro atoms. The van der Waals surface area contributed by atoms with Gasteiger partial charge in [0.1, 0.15) is 23.6 Å². The quantitative estimate of drug-likeness (QED) is 0.116. The van der Waals surface area contributed by atoms with Crippen molar-refractivity contribution in [2.75, 3.05) is 19.6 Å². The van der Waals surface area contributed by atoms with Crippen LogP contribution < -0.4 is 37.0 Å². The van der Waals surface area contributed by atoms with E-state index in [0.717, 1.165) is 0 Å². The van der Waals surface area contributed by atoms with Crippen molar-refractivity contribution in [2.45, 2.75) is 37.3 Å². The van der Waals surface area contributed by atoms with E-state index in [0.29, 0.717) is 0 Å². The fourth-order valence-electron chi connectivity index (χ4n) is 2.00. The van der Waals surface area contributed by atoms with Gasteiger partial charge in [0.15, 0.2) is 5.78 Å². The van der Waals surface area contributed by atoms with Crippen molar-refractivity contribution in [3.8, 4) is 0 Å². The Hall–Kier alpha value is -3.59. The van der Waals surface area contributed by atoms with Crippen LogP contribution in [0.5, 0.6) is 0 Å². The fourth-order valence-corrected chi connectivity index (χ4v) is 2.00. The number of ketones is 1. The van der Waals surface area contributed by atoms with Gasteiger partial charge in [-0.1, -0.05) is 0 Å². The van der Waals surface area contributed by atoms with Crippen molar-refractivity contribution in [3.05, 3.63) is 0 Å². The molecule has 15 heteroatoms. The molecule has 0 radical (unpaired) electrons. The average molecular weight is 446 g/mol. The highest BCUT2D eigenvalue weighted by Crippen LogP contribution is 2.14. The molecule has 0 aromatic rings. The predicted octanol–water partition coefficient (Wildman–Crippen LogP) is -8.94. The number of amides is 3. The lowest BCUT2D eigenvalue weighted by molar-refractivity contribution is -0.435. The summed E-state index contributed by atoms with van der Waals surface area (Å²) < 4.78 is 0. The molecule has 0 saturated carbocycles. The van der Waals surface area contributed by atoms with Crippen LogP contribution in [-0.4, -0.2) is 77.8 Å². The largest absolute Gasteiger partial charge is 0.547 e. The van der Waals surface area contributed by atoms with E-state index in [1.807, 2.05) is 5.32 Å². The number of hydrogen-bond acceptors (Lipinski definition) is 11. The molecule has 0 fully saturated rings. The van der Waals surface area contributed by atoms with Crippen LogP contribution in [0.3, 0.4) is 0 Å². The second kappa shape index (κ2) is 12.9. The van der Waals surface area contributed by atoms with Crippen LogP contribution >= 0.6 is 0 Å². The van der Waals surface area contributed by atoms with Crippen molar-refractivity contribution >= 4 is 41.4 Å². The van der Waals surface area contributed by atoms with Gasteiger partial charge in [0.25, 0.3) is 0 Å². The maximum Gasteiger partial charge on any atom is 0.223 e. The number of Topliss-reactive ketones (excluding diaryl/α,β-unsaturated/α-hetero) is 1. The molecule has 0 aliphatic carbocycles. The van der Waals surface area contributed by atoms with Gasteiger partial charge in [0.2, 0.25) is 17.7 Å². The van der Waals surface area contributed by atoms with Gasteiger partial charge in [0, 0.05) is 25.9 Å². The Bertz CT molecular complexity index is 739. The third-order valence-corrected chi connectivity index (χ3v) is 3.74. The number of carboxylic acid groups (broad SMARTS) is 3. The lowest BCUT2D eigenvalue weighted by Crippen LogP contribution is -2.72. The Balaban J connectivity index is 4.43. The summed E-state index contributed by atoms with van der Waals surface area (Å²) in [5.41, 5.74) is 0.276. The molecular formula is C16H22N4O11-2. The first-order chi connectivity index (χ1) is 14.3. The van der Waals surface area contributed by atoms with Crippen LogP contribution in [0.25, 0.3) is 0 Å². The van der Waals surface area contributed by atoms with Gasteiger partial charge in [-0.05, 0) is 0 Å². The third kappa shape index (κ3) is 11.2. The minimum atomic E-state index is -2.89. The number of carboxylic acids is 3. The maximum absolute atomic E-state index is 11.8. The zero-order valence-electron chi connectivity index (χ0n) is 16.3. The van der Waals surface area contributed by atoms with E-state index in [4.69, 9.17) is 0 Å². The summed E-state index contributed by atoms with van der Waals surface area (Å²) in [6, 6.07) is -1.32. The van der Waals surface area contributed by atoms with Gasteiger partial charge in [-0.2, -0.15) is 0 Å². The van der Waals surface area contributed by atoms with Crippen molar-refractivity contribution in [3.63, 3.8) is 0 Å². The molecule has 0 heterocycles. The Morgan fingerprint density at radius 2 is 1.29 bits per heavy atom. The van der Waals surface area contributed by atoms with E-state index in [9.17, 15) is 54.0 Å². The van der Waals surface area contributed by atoms with Gasteiger partial charge in [-0.3, -0.25) is 19.2 Å². The first-order valence-corrected chi connectivity index (χ1v) is 8.80. The Kier molecular flexibility index (Phi) is 11.4. The lowest BCUT2D eigenvalue weighted by Gasteiger charge is -2.28. The third-order valence-electron chi connectivity index (χ3n) is 3.74. The summed E-state index contributed by atoms with van der Waals surface area (Å²) in [5.74, 6) is -9.62. The molecule has 0 unspecified atom stereocenters. The summed E-state index contributed by atoms with van der Waals surface area (Å²) in [4.78, 5) is 77.6. The first-order valence-electron chi connectivity index (χ1n) is 8.80. The second-order valence-electron chi connectivity index (χ2n) is 6.40. The highest BCUT2D eigenvalue weighted by atomic mass is 16.4. The Morgan fingerprint density at radius 3 is 1.74 bits per heavy atom. The molecule has 7 N–H and O–H groups in total. The van der Waals surface area contributed by atoms with Crippen molar-refractivity contribution in [2.24, 2.45) is 0 Å². The number of nitrogens with one attached hydrogen (secondary N) is 3. The molecule has 2 atom stereocenters. The van der Waals surface area contributed by atoms with E-state index in [1.54, 1.807) is 0 Å². The van der Waals surface area contributed by atoms with Crippen LogP contribution in [0.15, 0.2) is 0 Å². The van der Waals surface area contributed by atoms with Crippen LogP contribution in [-0.2, 0) is 33.6 Å². The number of aliphatic hydroxyl groups is 1. The van der Waals surface area contributed by atoms with E-state index >= 15 is 0 Å². The summed E-state index contributed by atoms with van der Waals surface area (Å²) >= 11 is 0. The number of carbonyl (C=O) groups is 7. The zero-order chi connectivity index (χ0) is 24.2. The first kappa shape index (κ1) is 27.4. The zero-order valence-corrected chi connectivity index (χ0v) is 16.3. The predicted molar refractivity (Wildman–Crippen MR) is 89.2 cm³/mol. The van der Waals surface area contributed by atoms with Gasteiger partial charge < -0.3 is 56.5 Å². The fraction of sp³-hybridized carbons (Fsp3) is 0.562. The molecule has 31 heavy (non-hydrogen) atoms. The lowest BCUT2D eigenvalue weighted by atomic mass is 9.94. The molecule has 3 amide bonds. The van der Waals surface area contributed by atoms with Gasteiger partial charge in [-0.25, -0.2) is 0 Å². The Morgan fingerprint density at radius 1 is 0.806 bits per heavy atom. The Labute approximate surface area is 175 Å². The monoisotopic (exact) mass is 446 g/mol. The van der Waals surface area contributed by atoms with E-state index in [-0.39, 0.29) is 13.1 Å². The van der Waals surface area contributed by atoms with Crippen LogP contribution in [0.1, 0.15) is 25.7 Å². The summed E-state index contributed by atoms with van der Waals surface area (Å²) in [6.07, 6.45) is -3.18. The molecule has 0 saturated heterocycles. The van der Waals surface area contributed by atoms with Crippen LogP contribution in [0.4, 0.5) is 0 Å². The minimum absolute atomic E-state index is 0.164. The van der Waals surface area contributed by atoms with E-state index < -0.39 is 85.3 Å². The topological polar surface area (TPSA) is 273 Å². The summed E-state index contributed by atoms with van der Waals surface area (Å²) in [5, 5.41) is 48.4. The van der Waals surface area contributed by atoms with Crippen molar-refractivity contribution in [1.82, 2.24) is 16.0 Å². The summed E-state index contributed by atoms with van der Waals surface area (Å²) in [6.45, 7) is -0.879. The normalized spacial score (nSPS) is 13.2. The number of rotatable bonds is 15. The molecule has 0 aromatic heterocycles. The number of hydrogen-bond donors (Lipinski definition) is 5. The molecular weight excluding hydrogens is 424 g/mol. The van der Waals surface area contributed by atoms with Crippen LogP contribution in [0, 0.1) is 0 Å². The van der Waals surface area contributed by atoms with Crippen LogP contribution in [0.2, 0.25) is 0 Å². The molecule has 15 nitrogen and oxygen atoms in total. The second-order valence-corrected chi connectivity index (χ2v) is 6.40. The average Bonchev–Trinajstić information content (AvgIpc) is 2.66. The standard InChI is InChI=1S/C16H24N4O11/c17-8(13(25)26)7-20-12(24)6-16(31,15(29)30)5-11(23)19-4-3-18-10(22)2-1-9(21)14(27)28/h8,31H,1-7,17H2,(H,18,22)(H,19,23)(H,20,24)(H,25,26)(H,27,28)(H,29,30)/p-2/t8-,16-/m0/s1. The van der Waals surface area contributed by atoms with E-state index in [2.05, 4.69) is 16.4 Å².